The standard InChI is InChI=1S/C20H17N3OS/c24-20(19-14-16-4-1-2-5-18(16)25-19)21-12-10-15-6-8-17(9-7-15)23-13-3-11-22-23/h1-9,11,13-14H,10,12H2,(H,21,24). The van der Waals surface area contributed by atoms with Crippen LogP contribution in [0.2, 0.25) is 0 Å². The third kappa shape index (κ3) is 3.46. The number of nitrogens with zero attached hydrogens (tertiary/aromatic N) is 2. The molecule has 2 aromatic heterocycles. The maximum absolute atomic E-state index is 12.3. The number of hydrogen-bond acceptors (Lipinski definition) is 3. The molecular weight excluding hydrogens is 330 g/mol. The lowest BCUT2D eigenvalue weighted by molar-refractivity contribution is 0.0958. The Bertz CT molecular complexity index is 954. The van der Waals surface area contributed by atoms with Crippen LogP contribution in [0.1, 0.15) is 15.2 Å². The van der Waals surface area contributed by atoms with Gasteiger partial charge in [0.2, 0.25) is 0 Å². The third-order valence-corrected chi connectivity index (χ3v) is 5.17. The molecule has 0 saturated carbocycles. The van der Waals surface area contributed by atoms with Crippen LogP contribution in [0.25, 0.3) is 15.8 Å². The number of aromatic nitrogens is 2. The van der Waals surface area contributed by atoms with E-state index < -0.39 is 0 Å². The zero-order valence-corrected chi connectivity index (χ0v) is 14.4. The first-order valence-corrected chi connectivity index (χ1v) is 8.97. The Hall–Kier alpha value is -2.92. The SMILES string of the molecule is O=C(NCCc1ccc(-n2cccn2)cc1)c1cc2ccccc2s1. The molecule has 25 heavy (non-hydrogen) atoms. The second kappa shape index (κ2) is 6.91. The van der Waals surface area contributed by atoms with Gasteiger partial charge in [-0.25, -0.2) is 4.68 Å². The molecule has 0 aliphatic rings. The molecule has 2 heterocycles. The van der Waals surface area contributed by atoms with E-state index in [9.17, 15) is 4.79 Å². The van der Waals surface area contributed by atoms with Gasteiger partial charge in [-0.2, -0.15) is 5.10 Å². The third-order valence-electron chi connectivity index (χ3n) is 4.05. The molecule has 0 aliphatic carbocycles. The minimum Gasteiger partial charge on any atom is -0.351 e. The summed E-state index contributed by atoms with van der Waals surface area (Å²) in [5.41, 5.74) is 2.22. The van der Waals surface area contributed by atoms with Crippen LogP contribution in [0, 0.1) is 0 Å². The Morgan fingerprint density at radius 1 is 1.08 bits per heavy atom. The van der Waals surface area contributed by atoms with Gasteiger partial charge in [-0.05, 0) is 47.7 Å². The smallest absolute Gasteiger partial charge is 0.261 e. The Labute approximate surface area is 149 Å². The Morgan fingerprint density at radius 3 is 2.68 bits per heavy atom. The van der Waals surface area contributed by atoms with Crippen molar-refractivity contribution < 1.29 is 4.79 Å². The molecule has 0 aliphatic heterocycles. The number of rotatable bonds is 5. The molecule has 5 heteroatoms. The van der Waals surface area contributed by atoms with Crippen LogP contribution in [-0.2, 0) is 6.42 Å². The predicted molar refractivity (Wildman–Crippen MR) is 101 cm³/mol. The zero-order chi connectivity index (χ0) is 17.1. The molecule has 0 spiro atoms. The van der Waals surface area contributed by atoms with Gasteiger partial charge in [0.1, 0.15) is 0 Å². The highest BCUT2D eigenvalue weighted by Crippen LogP contribution is 2.25. The Balaban J connectivity index is 1.34. The number of hydrogen-bond donors (Lipinski definition) is 1. The highest BCUT2D eigenvalue weighted by molar-refractivity contribution is 7.20. The number of carbonyl (C=O) groups is 1. The first-order valence-electron chi connectivity index (χ1n) is 8.15. The molecule has 4 rings (SSSR count). The highest BCUT2D eigenvalue weighted by Gasteiger charge is 2.09. The quantitative estimate of drug-likeness (QED) is 0.592. The van der Waals surface area contributed by atoms with Gasteiger partial charge in [0.15, 0.2) is 0 Å². The second-order valence-corrected chi connectivity index (χ2v) is 6.86. The number of carbonyl (C=O) groups excluding carboxylic acids is 1. The summed E-state index contributed by atoms with van der Waals surface area (Å²) in [6, 6.07) is 20.1. The van der Waals surface area contributed by atoms with Crippen molar-refractivity contribution in [2.45, 2.75) is 6.42 Å². The van der Waals surface area contributed by atoms with E-state index in [-0.39, 0.29) is 5.91 Å². The molecule has 4 aromatic rings. The van der Waals surface area contributed by atoms with E-state index >= 15 is 0 Å². The van der Waals surface area contributed by atoms with Gasteiger partial charge in [0, 0.05) is 23.6 Å². The largest absolute Gasteiger partial charge is 0.351 e. The zero-order valence-electron chi connectivity index (χ0n) is 13.6. The van der Waals surface area contributed by atoms with Gasteiger partial charge in [-0.3, -0.25) is 4.79 Å². The van der Waals surface area contributed by atoms with E-state index in [1.165, 1.54) is 16.9 Å². The van der Waals surface area contributed by atoms with Gasteiger partial charge in [-0.15, -0.1) is 11.3 Å². The fourth-order valence-corrected chi connectivity index (χ4v) is 3.72. The molecule has 1 N–H and O–H groups in total. The van der Waals surface area contributed by atoms with Gasteiger partial charge >= 0.3 is 0 Å². The van der Waals surface area contributed by atoms with Crippen LogP contribution in [-0.4, -0.2) is 22.2 Å². The molecular formula is C20H17N3OS. The minimum atomic E-state index is -0.00522. The summed E-state index contributed by atoms with van der Waals surface area (Å²) in [6.07, 6.45) is 4.48. The van der Waals surface area contributed by atoms with Crippen molar-refractivity contribution in [2.24, 2.45) is 0 Å². The van der Waals surface area contributed by atoms with E-state index in [4.69, 9.17) is 0 Å². The lowest BCUT2D eigenvalue weighted by atomic mass is 10.1. The summed E-state index contributed by atoms with van der Waals surface area (Å²) < 4.78 is 2.97. The number of amides is 1. The van der Waals surface area contributed by atoms with Gasteiger partial charge in [0.05, 0.1) is 10.6 Å². The van der Waals surface area contributed by atoms with Crippen molar-refractivity contribution in [1.29, 1.82) is 0 Å². The number of nitrogens with one attached hydrogen (secondary N) is 1. The van der Waals surface area contributed by atoms with E-state index in [0.717, 1.165) is 27.1 Å². The molecule has 0 saturated heterocycles. The van der Waals surface area contributed by atoms with E-state index in [1.54, 1.807) is 6.20 Å². The summed E-state index contributed by atoms with van der Waals surface area (Å²) in [6.45, 7) is 0.619. The molecule has 0 atom stereocenters. The van der Waals surface area contributed by atoms with Crippen LogP contribution in [0.4, 0.5) is 0 Å². The molecule has 4 nitrogen and oxygen atoms in total. The molecule has 2 aromatic carbocycles. The van der Waals surface area contributed by atoms with Gasteiger partial charge in [0.25, 0.3) is 5.91 Å². The minimum absolute atomic E-state index is 0.00522. The first kappa shape index (κ1) is 15.6. The van der Waals surface area contributed by atoms with Gasteiger partial charge < -0.3 is 5.32 Å². The van der Waals surface area contributed by atoms with Crippen LogP contribution in [0.3, 0.4) is 0 Å². The lowest BCUT2D eigenvalue weighted by Crippen LogP contribution is -2.24. The van der Waals surface area contributed by atoms with Crippen LogP contribution < -0.4 is 5.32 Å². The normalized spacial score (nSPS) is 10.9. The van der Waals surface area contributed by atoms with E-state index in [2.05, 4.69) is 22.5 Å². The summed E-state index contributed by atoms with van der Waals surface area (Å²) in [5, 5.41) is 8.34. The maximum atomic E-state index is 12.3. The maximum Gasteiger partial charge on any atom is 0.261 e. The van der Waals surface area contributed by atoms with Crippen LogP contribution in [0.15, 0.2) is 73.1 Å². The summed E-state index contributed by atoms with van der Waals surface area (Å²) in [5.74, 6) is -0.00522. The number of benzene rings is 2. The molecule has 1 amide bonds. The van der Waals surface area contributed by atoms with Gasteiger partial charge in [-0.1, -0.05) is 30.3 Å². The first-order chi connectivity index (χ1) is 12.3. The fraction of sp³-hybridized carbons (Fsp3) is 0.100. The molecule has 0 bridgehead atoms. The highest BCUT2D eigenvalue weighted by atomic mass is 32.1. The lowest BCUT2D eigenvalue weighted by Gasteiger charge is -2.06. The topological polar surface area (TPSA) is 46.9 Å². The van der Waals surface area contributed by atoms with Crippen molar-refractivity contribution in [3.8, 4) is 5.69 Å². The predicted octanol–water partition coefficient (Wildman–Crippen LogP) is 4.06. The molecule has 0 radical (unpaired) electrons. The molecule has 0 unspecified atom stereocenters. The monoisotopic (exact) mass is 347 g/mol. The van der Waals surface area contributed by atoms with E-state index in [1.807, 2.05) is 59.4 Å². The van der Waals surface area contributed by atoms with Crippen LogP contribution >= 0.6 is 11.3 Å². The number of fused-ring (bicyclic) bond motifs is 1. The van der Waals surface area contributed by atoms with Crippen LogP contribution in [0.5, 0.6) is 0 Å². The van der Waals surface area contributed by atoms with Crippen molar-refractivity contribution in [3.05, 3.63) is 83.5 Å². The van der Waals surface area contributed by atoms with Crippen molar-refractivity contribution in [1.82, 2.24) is 15.1 Å². The second-order valence-electron chi connectivity index (χ2n) is 5.77. The molecule has 124 valence electrons. The van der Waals surface area contributed by atoms with E-state index in [0.29, 0.717) is 6.54 Å². The Kier molecular flexibility index (Phi) is 4.31. The average molecular weight is 347 g/mol. The fourth-order valence-electron chi connectivity index (χ4n) is 2.74. The summed E-state index contributed by atoms with van der Waals surface area (Å²) >= 11 is 1.53. The average Bonchev–Trinajstić information content (AvgIpc) is 3.32. The van der Waals surface area contributed by atoms with Crippen molar-refractivity contribution in [2.75, 3.05) is 6.54 Å². The Morgan fingerprint density at radius 2 is 1.92 bits per heavy atom. The van der Waals surface area contributed by atoms with Crippen molar-refractivity contribution >= 4 is 27.3 Å². The molecule has 0 fully saturated rings. The number of thiophene rings is 1. The summed E-state index contributed by atoms with van der Waals surface area (Å²) in [4.78, 5) is 13.1. The summed E-state index contributed by atoms with van der Waals surface area (Å²) in [7, 11) is 0. The van der Waals surface area contributed by atoms with Crippen molar-refractivity contribution in [3.63, 3.8) is 0 Å².